The van der Waals surface area contributed by atoms with Crippen LogP contribution in [0.1, 0.15) is 23.7 Å². The fourth-order valence-corrected chi connectivity index (χ4v) is 2.21. The van der Waals surface area contributed by atoms with E-state index in [0.29, 0.717) is 21.4 Å². The van der Waals surface area contributed by atoms with Crippen LogP contribution in [0, 0.1) is 0 Å². The molecule has 25 heavy (non-hydrogen) atoms. The van der Waals surface area contributed by atoms with E-state index in [1.54, 1.807) is 25.1 Å². The molecule has 2 amide bonds. The van der Waals surface area contributed by atoms with Crippen molar-refractivity contribution in [3.8, 4) is 5.75 Å². The molecule has 2 rings (SSSR count). The van der Waals surface area contributed by atoms with Crippen molar-refractivity contribution in [1.82, 2.24) is 5.43 Å². The number of carbonyl (C=O) groups is 2. The second kappa shape index (κ2) is 8.50. The van der Waals surface area contributed by atoms with Crippen molar-refractivity contribution in [2.75, 3.05) is 5.32 Å². The summed E-state index contributed by atoms with van der Waals surface area (Å²) in [5, 5.41) is 16.6. The number of phenols is 1. The van der Waals surface area contributed by atoms with E-state index in [1.165, 1.54) is 24.3 Å². The molecule has 0 aliphatic carbocycles. The lowest BCUT2D eigenvalue weighted by Crippen LogP contribution is -2.21. The normalized spacial score (nSPS) is 11.1. The van der Waals surface area contributed by atoms with E-state index in [2.05, 4.69) is 15.8 Å². The van der Waals surface area contributed by atoms with E-state index in [4.69, 9.17) is 23.2 Å². The maximum Gasteiger partial charge on any atom is 0.271 e. The first-order valence-electron chi connectivity index (χ1n) is 7.22. The Kier molecular flexibility index (Phi) is 6.38. The van der Waals surface area contributed by atoms with Gasteiger partial charge in [0.25, 0.3) is 5.91 Å². The predicted molar refractivity (Wildman–Crippen MR) is 98.4 cm³/mol. The van der Waals surface area contributed by atoms with Gasteiger partial charge in [-0.3, -0.25) is 9.59 Å². The number of carbonyl (C=O) groups excluding carboxylic acids is 2. The Hall–Kier alpha value is -2.57. The summed E-state index contributed by atoms with van der Waals surface area (Å²) >= 11 is 11.7. The molecule has 0 aromatic heterocycles. The molecular weight excluding hydrogens is 365 g/mol. The van der Waals surface area contributed by atoms with Crippen molar-refractivity contribution in [3.63, 3.8) is 0 Å². The van der Waals surface area contributed by atoms with Gasteiger partial charge in [0.2, 0.25) is 5.91 Å². The topological polar surface area (TPSA) is 90.8 Å². The van der Waals surface area contributed by atoms with E-state index in [1.807, 2.05) is 0 Å². The van der Waals surface area contributed by atoms with Crippen LogP contribution in [-0.2, 0) is 4.79 Å². The van der Waals surface area contributed by atoms with Crippen LogP contribution in [0.25, 0.3) is 0 Å². The molecule has 0 radical (unpaired) electrons. The highest BCUT2D eigenvalue weighted by Crippen LogP contribution is 2.25. The van der Waals surface area contributed by atoms with Crippen LogP contribution < -0.4 is 10.7 Å². The molecule has 0 saturated carbocycles. The largest absolute Gasteiger partial charge is 0.508 e. The van der Waals surface area contributed by atoms with Crippen molar-refractivity contribution in [3.05, 3.63) is 58.1 Å². The number of aromatic hydroxyl groups is 1. The maximum absolute atomic E-state index is 12.0. The van der Waals surface area contributed by atoms with E-state index in [9.17, 15) is 14.7 Å². The Morgan fingerprint density at radius 1 is 1.12 bits per heavy atom. The monoisotopic (exact) mass is 379 g/mol. The summed E-state index contributed by atoms with van der Waals surface area (Å²) in [5.41, 5.74) is 3.51. The Morgan fingerprint density at radius 2 is 1.88 bits per heavy atom. The number of halogens is 2. The molecule has 0 bridgehead atoms. The van der Waals surface area contributed by atoms with Gasteiger partial charge in [-0.1, -0.05) is 29.3 Å². The van der Waals surface area contributed by atoms with Gasteiger partial charge in [0.1, 0.15) is 5.75 Å². The zero-order valence-electron chi connectivity index (χ0n) is 13.2. The highest BCUT2D eigenvalue weighted by molar-refractivity contribution is 6.42. The average Bonchev–Trinajstić information content (AvgIpc) is 2.56. The third-order valence-electron chi connectivity index (χ3n) is 3.08. The van der Waals surface area contributed by atoms with Crippen molar-refractivity contribution >= 4 is 46.4 Å². The molecule has 0 heterocycles. The molecule has 2 aromatic rings. The zero-order chi connectivity index (χ0) is 18.4. The zero-order valence-corrected chi connectivity index (χ0v) is 14.7. The molecular formula is C17H15Cl2N3O3. The first-order chi connectivity index (χ1) is 11.8. The fourth-order valence-electron chi connectivity index (χ4n) is 1.91. The predicted octanol–water partition coefficient (Wildman–Crippen LogP) is 3.83. The van der Waals surface area contributed by atoms with Gasteiger partial charge in [0.05, 0.1) is 16.5 Å². The number of phenolic OH excluding ortho intramolecular Hbond substituents is 1. The van der Waals surface area contributed by atoms with Gasteiger partial charge in [-0.25, -0.2) is 5.43 Å². The molecule has 0 fully saturated rings. The van der Waals surface area contributed by atoms with Crippen molar-refractivity contribution < 1.29 is 14.7 Å². The molecule has 8 heteroatoms. The number of hydrazone groups is 1. The summed E-state index contributed by atoms with van der Waals surface area (Å²) in [4.78, 5) is 23.9. The molecule has 0 unspecified atom stereocenters. The van der Waals surface area contributed by atoms with Gasteiger partial charge in [0, 0.05) is 17.0 Å². The molecule has 6 nitrogen and oxygen atoms in total. The number of amides is 2. The minimum absolute atomic E-state index is 0.0133. The summed E-state index contributed by atoms with van der Waals surface area (Å²) in [6.07, 6.45) is -0.0133. The lowest BCUT2D eigenvalue weighted by atomic mass is 10.2. The number of hydrogen-bond donors (Lipinski definition) is 3. The molecule has 0 aliphatic heterocycles. The third-order valence-corrected chi connectivity index (χ3v) is 3.82. The van der Waals surface area contributed by atoms with Gasteiger partial charge in [-0.2, -0.15) is 5.10 Å². The van der Waals surface area contributed by atoms with E-state index < -0.39 is 5.91 Å². The molecule has 0 spiro atoms. The van der Waals surface area contributed by atoms with Crippen molar-refractivity contribution in [2.24, 2.45) is 5.10 Å². The second-order valence-corrected chi connectivity index (χ2v) is 6.01. The number of hydrogen-bond acceptors (Lipinski definition) is 4. The summed E-state index contributed by atoms with van der Waals surface area (Å²) in [6.45, 7) is 1.61. The summed E-state index contributed by atoms with van der Waals surface area (Å²) < 4.78 is 0. The summed E-state index contributed by atoms with van der Waals surface area (Å²) in [6, 6.07) is 10.6. The van der Waals surface area contributed by atoms with E-state index >= 15 is 0 Å². The van der Waals surface area contributed by atoms with E-state index in [0.717, 1.165) is 0 Å². The minimum atomic E-state index is -0.486. The smallest absolute Gasteiger partial charge is 0.271 e. The molecule has 0 saturated heterocycles. The van der Waals surface area contributed by atoms with Crippen LogP contribution in [0.2, 0.25) is 10.0 Å². The van der Waals surface area contributed by atoms with Crippen LogP contribution in [0.3, 0.4) is 0 Å². The van der Waals surface area contributed by atoms with Gasteiger partial charge < -0.3 is 10.4 Å². The van der Waals surface area contributed by atoms with Gasteiger partial charge >= 0.3 is 0 Å². The Bertz CT molecular complexity index is 838. The summed E-state index contributed by atoms with van der Waals surface area (Å²) in [5.74, 6) is -0.819. The van der Waals surface area contributed by atoms with Crippen molar-refractivity contribution in [2.45, 2.75) is 13.3 Å². The lowest BCUT2D eigenvalue weighted by molar-refractivity contribution is -0.115. The Balaban J connectivity index is 1.90. The number of rotatable bonds is 5. The average molecular weight is 380 g/mol. The Morgan fingerprint density at radius 3 is 2.56 bits per heavy atom. The molecule has 2 aromatic carbocycles. The van der Waals surface area contributed by atoms with Crippen LogP contribution in [-0.4, -0.2) is 22.6 Å². The first-order valence-corrected chi connectivity index (χ1v) is 7.98. The first kappa shape index (κ1) is 18.8. The van der Waals surface area contributed by atoms with Crippen LogP contribution >= 0.6 is 23.2 Å². The summed E-state index contributed by atoms with van der Waals surface area (Å²) in [7, 11) is 0. The SMILES string of the molecule is C/C(CC(=O)Nc1ccc(Cl)c(Cl)c1)=N\NC(=O)c1cccc(O)c1. The van der Waals surface area contributed by atoms with Crippen LogP contribution in [0.15, 0.2) is 47.6 Å². The quantitative estimate of drug-likeness (QED) is 0.544. The number of anilines is 1. The fraction of sp³-hybridized carbons (Fsp3) is 0.118. The Labute approximate surface area is 154 Å². The van der Waals surface area contributed by atoms with E-state index in [-0.39, 0.29) is 23.6 Å². The maximum atomic E-state index is 12.0. The van der Waals surface area contributed by atoms with Crippen LogP contribution in [0.5, 0.6) is 5.75 Å². The number of nitrogens with zero attached hydrogens (tertiary/aromatic N) is 1. The molecule has 3 N–H and O–H groups in total. The standard InChI is InChI=1S/C17H15Cl2N3O3/c1-10(21-22-17(25)11-3-2-4-13(23)8-11)7-16(24)20-12-5-6-14(18)15(19)9-12/h2-6,8-9,23H,7H2,1H3,(H,20,24)(H,22,25)/b21-10+. The second-order valence-electron chi connectivity index (χ2n) is 5.19. The highest BCUT2D eigenvalue weighted by atomic mass is 35.5. The number of nitrogens with one attached hydrogen (secondary N) is 2. The molecule has 0 atom stereocenters. The minimum Gasteiger partial charge on any atom is -0.508 e. The molecule has 130 valence electrons. The van der Waals surface area contributed by atoms with Crippen molar-refractivity contribution in [1.29, 1.82) is 0 Å². The highest BCUT2D eigenvalue weighted by Gasteiger charge is 2.08. The van der Waals surface area contributed by atoms with Gasteiger partial charge in [-0.15, -0.1) is 0 Å². The number of benzene rings is 2. The van der Waals surface area contributed by atoms with Crippen LogP contribution in [0.4, 0.5) is 5.69 Å². The van der Waals surface area contributed by atoms with Gasteiger partial charge in [-0.05, 0) is 43.3 Å². The van der Waals surface area contributed by atoms with Gasteiger partial charge in [0.15, 0.2) is 0 Å². The molecule has 0 aliphatic rings. The third kappa shape index (κ3) is 5.77. The lowest BCUT2D eigenvalue weighted by Gasteiger charge is -2.07.